The van der Waals surface area contributed by atoms with Gasteiger partial charge in [-0.25, -0.2) is 0 Å². The molecule has 0 saturated carbocycles. The van der Waals surface area contributed by atoms with Crippen LogP contribution in [0.2, 0.25) is 0 Å². The molecule has 8 aromatic rings. The number of aryl methyl sites for hydroxylation is 6. The monoisotopic (exact) mass is 566 g/mol. The van der Waals surface area contributed by atoms with E-state index >= 15 is 0 Å². The fourth-order valence-electron chi connectivity index (χ4n) is 8.44. The number of fused-ring (bicyclic) bond motifs is 8. The van der Waals surface area contributed by atoms with Gasteiger partial charge in [0.2, 0.25) is 0 Å². The van der Waals surface area contributed by atoms with Crippen molar-refractivity contribution < 1.29 is 0 Å². The first-order valence-corrected chi connectivity index (χ1v) is 15.7. The second kappa shape index (κ2) is 8.67. The predicted octanol–water partition coefficient (Wildman–Crippen LogP) is 9.15. The maximum absolute atomic E-state index is 4.58. The number of rotatable bonds is 2. The van der Waals surface area contributed by atoms with Gasteiger partial charge in [-0.1, -0.05) is 36.4 Å². The summed E-state index contributed by atoms with van der Waals surface area (Å²) in [5.41, 5.74) is 18.9. The molecule has 0 amide bonds. The Morgan fingerprint density at radius 1 is 0.523 bits per heavy atom. The van der Waals surface area contributed by atoms with Crippen LogP contribution in [0.1, 0.15) is 33.4 Å². The summed E-state index contributed by atoms with van der Waals surface area (Å²) < 4.78 is 4.99. The topological polar surface area (TPSA) is 35.6 Å². The smallest absolute Gasteiger partial charge is 0.0674 e. The molecule has 0 unspecified atom stereocenters. The third kappa shape index (κ3) is 3.02. The molecule has 2 aliphatic carbocycles. The van der Waals surface area contributed by atoms with Crippen molar-refractivity contribution >= 4 is 43.6 Å². The van der Waals surface area contributed by atoms with Crippen molar-refractivity contribution in [3.05, 3.63) is 131 Å². The minimum Gasteiger partial charge on any atom is -0.307 e. The molecule has 4 aromatic carbocycles. The third-order valence-corrected chi connectivity index (χ3v) is 10.3. The summed E-state index contributed by atoms with van der Waals surface area (Å²) in [6.45, 7) is 4.40. The van der Waals surface area contributed by atoms with E-state index in [-0.39, 0.29) is 0 Å². The lowest BCUT2D eigenvalue weighted by molar-refractivity contribution is 0.882. The van der Waals surface area contributed by atoms with Crippen LogP contribution in [-0.4, -0.2) is 19.1 Å². The number of para-hydroxylation sites is 2. The highest BCUT2D eigenvalue weighted by molar-refractivity contribution is 6.16. The molecule has 0 aliphatic heterocycles. The standard InChI is InChI=1S/C40H30N4/c1-23-15-17-41-21-35(23)43-33-9-5-3-7-27(33)31-19-25-12-14-30-38-26(11-13-29(37(25)38)39(31)43)20-32-28-8-4-6-10-34(28)44(40(30)32)36-22-42-18-16-24(36)2/h3-10,15-22H,11-14H2,1-2H3. The van der Waals surface area contributed by atoms with Gasteiger partial charge in [0.15, 0.2) is 0 Å². The van der Waals surface area contributed by atoms with Crippen LogP contribution in [0.5, 0.6) is 0 Å². The van der Waals surface area contributed by atoms with E-state index in [1.165, 1.54) is 99.5 Å². The van der Waals surface area contributed by atoms with Gasteiger partial charge >= 0.3 is 0 Å². The first-order chi connectivity index (χ1) is 21.7. The van der Waals surface area contributed by atoms with E-state index in [1.54, 1.807) is 0 Å². The Hall–Kier alpha value is -5.22. The van der Waals surface area contributed by atoms with Crippen LogP contribution in [0.25, 0.3) is 66.1 Å². The van der Waals surface area contributed by atoms with Gasteiger partial charge in [0, 0.05) is 33.9 Å². The Balaban J connectivity index is 1.37. The average Bonchev–Trinajstić information content (AvgIpc) is 3.57. The number of pyridine rings is 2. The number of hydrogen-bond donors (Lipinski definition) is 0. The van der Waals surface area contributed by atoms with E-state index in [2.05, 4.69) is 106 Å². The van der Waals surface area contributed by atoms with E-state index in [0.717, 1.165) is 25.7 Å². The van der Waals surface area contributed by atoms with Crippen molar-refractivity contribution in [2.24, 2.45) is 0 Å². The fourth-order valence-corrected chi connectivity index (χ4v) is 8.44. The molecule has 0 atom stereocenters. The molecule has 4 heteroatoms. The van der Waals surface area contributed by atoms with Crippen molar-refractivity contribution in [2.45, 2.75) is 39.5 Å². The van der Waals surface area contributed by atoms with Gasteiger partial charge < -0.3 is 9.13 Å². The molecule has 2 aliphatic rings. The maximum Gasteiger partial charge on any atom is 0.0674 e. The summed E-state index contributed by atoms with van der Waals surface area (Å²) >= 11 is 0. The van der Waals surface area contributed by atoms with Gasteiger partial charge in [-0.3, -0.25) is 9.97 Å². The van der Waals surface area contributed by atoms with Crippen LogP contribution in [0.3, 0.4) is 0 Å². The molecule has 0 radical (unpaired) electrons. The van der Waals surface area contributed by atoms with Crippen LogP contribution in [0, 0.1) is 13.8 Å². The van der Waals surface area contributed by atoms with Gasteiger partial charge in [0.25, 0.3) is 0 Å². The number of benzene rings is 4. The Morgan fingerprint density at radius 3 is 1.43 bits per heavy atom. The lowest BCUT2D eigenvalue weighted by Gasteiger charge is -2.31. The van der Waals surface area contributed by atoms with Gasteiger partial charge in [-0.15, -0.1) is 0 Å². The van der Waals surface area contributed by atoms with E-state index in [9.17, 15) is 0 Å². The summed E-state index contributed by atoms with van der Waals surface area (Å²) in [6.07, 6.45) is 12.0. The lowest BCUT2D eigenvalue weighted by atomic mass is 9.74. The normalized spacial score (nSPS) is 13.8. The van der Waals surface area contributed by atoms with E-state index in [1.807, 2.05) is 24.8 Å². The Kier molecular flexibility index (Phi) is 4.78. The average molecular weight is 567 g/mol. The summed E-state index contributed by atoms with van der Waals surface area (Å²) in [5, 5.41) is 5.38. The first kappa shape index (κ1) is 24.2. The molecule has 0 saturated heterocycles. The number of nitrogens with zero attached hydrogens (tertiary/aromatic N) is 4. The summed E-state index contributed by atoms with van der Waals surface area (Å²) in [4.78, 5) is 9.16. The van der Waals surface area contributed by atoms with Crippen molar-refractivity contribution in [3.63, 3.8) is 0 Å². The van der Waals surface area contributed by atoms with Gasteiger partial charge in [0.05, 0.1) is 45.8 Å². The van der Waals surface area contributed by atoms with E-state index in [4.69, 9.17) is 0 Å². The molecule has 0 spiro atoms. The van der Waals surface area contributed by atoms with Crippen LogP contribution in [0.4, 0.5) is 0 Å². The molecule has 210 valence electrons. The van der Waals surface area contributed by atoms with Crippen molar-refractivity contribution in [1.82, 2.24) is 19.1 Å². The predicted molar refractivity (Wildman–Crippen MR) is 180 cm³/mol. The van der Waals surface area contributed by atoms with Crippen LogP contribution < -0.4 is 0 Å². The Morgan fingerprint density at radius 2 is 0.977 bits per heavy atom. The van der Waals surface area contributed by atoms with Crippen molar-refractivity contribution in [2.75, 3.05) is 0 Å². The Bertz CT molecular complexity index is 2350. The lowest BCUT2D eigenvalue weighted by Crippen LogP contribution is -2.16. The zero-order valence-corrected chi connectivity index (χ0v) is 24.9. The fraction of sp³-hybridized carbons (Fsp3) is 0.150. The van der Waals surface area contributed by atoms with E-state index < -0.39 is 0 Å². The quantitative estimate of drug-likeness (QED) is 0.209. The SMILES string of the molecule is Cc1ccncc1-n1c2ccccc2c2cc3c4c(c21)CCc1cc2c5ccccc5n(-c5cnccc5C)c2c(c1-4)CC3. The molecule has 10 rings (SSSR count). The number of aromatic nitrogens is 4. The number of hydrogen-bond acceptors (Lipinski definition) is 2. The molecule has 0 fully saturated rings. The van der Waals surface area contributed by atoms with Crippen molar-refractivity contribution in [1.29, 1.82) is 0 Å². The molecule has 44 heavy (non-hydrogen) atoms. The van der Waals surface area contributed by atoms with Gasteiger partial charge in [-0.05, 0) is 120 Å². The second-order valence-corrected chi connectivity index (χ2v) is 12.6. The molecule has 0 bridgehead atoms. The second-order valence-electron chi connectivity index (χ2n) is 12.6. The third-order valence-electron chi connectivity index (χ3n) is 10.3. The highest BCUT2D eigenvalue weighted by Gasteiger charge is 2.33. The molecular formula is C40H30N4. The molecule has 4 heterocycles. The minimum atomic E-state index is 1.04. The highest BCUT2D eigenvalue weighted by Crippen LogP contribution is 2.51. The highest BCUT2D eigenvalue weighted by atomic mass is 15.0. The van der Waals surface area contributed by atoms with Crippen LogP contribution in [0.15, 0.2) is 97.6 Å². The van der Waals surface area contributed by atoms with Crippen LogP contribution >= 0.6 is 0 Å². The first-order valence-electron chi connectivity index (χ1n) is 15.7. The molecular weight excluding hydrogens is 536 g/mol. The summed E-state index contributed by atoms with van der Waals surface area (Å²) in [7, 11) is 0. The maximum atomic E-state index is 4.58. The molecule has 4 aromatic heterocycles. The molecule has 4 nitrogen and oxygen atoms in total. The summed E-state index contributed by atoms with van der Waals surface area (Å²) in [5.74, 6) is 0. The Labute approximate surface area is 255 Å². The van der Waals surface area contributed by atoms with Gasteiger partial charge in [0.1, 0.15) is 0 Å². The largest absolute Gasteiger partial charge is 0.307 e. The minimum absolute atomic E-state index is 1.04. The van der Waals surface area contributed by atoms with Crippen LogP contribution in [-0.2, 0) is 25.7 Å². The van der Waals surface area contributed by atoms with Crippen molar-refractivity contribution in [3.8, 4) is 22.5 Å². The van der Waals surface area contributed by atoms with Gasteiger partial charge in [-0.2, -0.15) is 0 Å². The molecule has 0 N–H and O–H groups in total. The zero-order valence-electron chi connectivity index (χ0n) is 24.9. The zero-order chi connectivity index (χ0) is 29.1. The van der Waals surface area contributed by atoms with E-state index in [0.29, 0.717) is 0 Å². The summed E-state index contributed by atoms with van der Waals surface area (Å²) in [6, 6.07) is 27.1.